The van der Waals surface area contributed by atoms with E-state index in [4.69, 9.17) is 17.3 Å². The summed E-state index contributed by atoms with van der Waals surface area (Å²) in [6.45, 7) is 1.86. The van der Waals surface area contributed by atoms with Gasteiger partial charge in [0, 0.05) is 11.1 Å². The number of benzene rings is 1. The van der Waals surface area contributed by atoms with Gasteiger partial charge in [0.15, 0.2) is 0 Å². The summed E-state index contributed by atoms with van der Waals surface area (Å²) < 4.78 is 27.0. The molecule has 17 heavy (non-hydrogen) atoms. The molecule has 0 amide bonds. The molecule has 3 N–H and O–H groups in total. The topological polar surface area (TPSA) is 54.7 Å². The molecule has 3 nitrogen and oxygen atoms in total. The molecular formula is C11H10ClF2N3. The van der Waals surface area contributed by atoms with Crippen molar-refractivity contribution in [2.45, 2.75) is 13.3 Å². The number of nitrogen functional groups attached to an aromatic ring is 1. The Labute approximate surface area is 102 Å². The summed E-state index contributed by atoms with van der Waals surface area (Å²) in [5, 5.41) is 6.14. The summed E-state index contributed by atoms with van der Waals surface area (Å²) in [5.41, 5.74) is 6.74. The van der Waals surface area contributed by atoms with Crippen molar-refractivity contribution in [1.82, 2.24) is 10.2 Å². The summed E-state index contributed by atoms with van der Waals surface area (Å²) >= 11 is 5.49. The third-order valence-electron chi connectivity index (χ3n) is 2.53. The number of nitrogens with zero attached hydrogens (tertiary/aromatic N) is 1. The van der Waals surface area contributed by atoms with Gasteiger partial charge >= 0.3 is 0 Å². The minimum Gasteiger partial charge on any atom is -0.382 e. The fraction of sp³-hybridized carbons (Fsp3) is 0.182. The van der Waals surface area contributed by atoms with Crippen LogP contribution >= 0.6 is 11.6 Å². The molecule has 0 saturated heterocycles. The lowest BCUT2D eigenvalue weighted by Gasteiger charge is -2.05. The average molecular weight is 258 g/mol. The van der Waals surface area contributed by atoms with E-state index in [0.717, 1.165) is 12.1 Å². The molecule has 1 aromatic carbocycles. The molecular weight excluding hydrogens is 248 g/mol. The maximum Gasteiger partial charge on any atom is 0.149 e. The van der Waals surface area contributed by atoms with Crippen LogP contribution in [0.1, 0.15) is 12.5 Å². The van der Waals surface area contributed by atoms with Crippen LogP contribution in [0.15, 0.2) is 12.1 Å². The van der Waals surface area contributed by atoms with Crippen LogP contribution in [0, 0.1) is 11.6 Å². The van der Waals surface area contributed by atoms with E-state index < -0.39 is 11.6 Å². The van der Waals surface area contributed by atoms with E-state index in [1.807, 2.05) is 6.92 Å². The molecule has 0 aliphatic heterocycles. The van der Waals surface area contributed by atoms with Gasteiger partial charge in [-0.15, -0.1) is 0 Å². The van der Waals surface area contributed by atoms with Crippen LogP contribution in [0.4, 0.5) is 14.6 Å². The zero-order valence-corrected chi connectivity index (χ0v) is 9.78. The Balaban J connectivity index is 2.64. The smallest absolute Gasteiger partial charge is 0.149 e. The van der Waals surface area contributed by atoms with Gasteiger partial charge in [-0.05, 0) is 18.6 Å². The Bertz CT molecular complexity index is 566. The van der Waals surface area contributed by atoms with Crippen molar-refractivity contribution in [3.05, 3.63) is 34.4 Å². The van der Waals surface area contributed by atoms with Crippen LogP contribution in [-0.2, 0) is 6.42 Å². The molecule has 0 spiro atoms. The van der Waals surface area contributed by atoms with Crippen LogP contribution in [-0.4, -0.2) is 10.2 Å². The first-order chi connectivity index (χ1) is 8.04. The monoisotopic (exact) mass is 257 g/mol. The maximum absolute atomic E-state index is 13.7. The second-order valence-electron chi connectivity index (χ2n) is 3.56. The van der Waals surface area contributed by atoms with Gasteiger partial charge in [-0.1, -0.05) is 18.5 Å². The van der Waals surface area contributed by atoms with E-state index >= 15 is 0 Å². The second kappa shape index (κ2) is 4.33. The van der Waals surface area contributed by atoms with Crippen molar-refractivity contribution in [3.8, 4) is 11.3 Å². The van der Waals surface area contributed by atoms with E-state index in [-0.39, 0.29) is 16.4 Å². The minimum atomic E-state index is -0.682. The number of aromatic amines is 1. The molecule has 1 heterocycles. The lowest BCUT2D eigenvalue weighted by molar-refractivity contribution is 0.603. The molecule has 0 radical (unpaired) electrons. The summed E-state index contributed by atoms with van der Waals surface area (Å²) in [6.07, 6.45) is 0.571. The highest BCUT2D eigenvalue weighted by molar-refractivity contribution is 6.30. The standard InChI is InChI=1S/C11H10ClF2N3/c1-2-5-10(16-17-11(5)15)6-3-9(14)7(12)4-8(6)13/h3-4H,2H2,1H3,(H3,15,16,17). The molecule has 90 valence electrons. The van der Waals surface area contributed by atoms with Gasteiger partial charge in [0.05, 0.1) is 10.7 Å². The largest absolute Gasteiger partial charge is 0.382 e. The van der Waals surface area contributed by atoms with Gasteiger partial charge in [0.1, 0.15) is 17.5 Å². The highest BCUT2D eigenvalue weighted by Crippen LogP contribution is 2.30. The van der Waals surface area contributed by atoms with Crippen molar-refractivity contribution >= 4 is 17.4 Å². The van der Waals surface area contributed by atoms with Gasteiger partial charge in [0.25, 0.3) is 0 Å². The highest BCUT2D eigenvalue weighted by Gasteiger charge is 2.16. The molecule has 6 heteroatoms. The number of nitrogens with two attached hydrogens (primary N) is 1. The fourth-order valence-corrected chi connectivity index (χ4v) is 1.82. The zero-order chi connectivity index (χ0) is 12.6. The first-order valence-corrected chi connectivity index (χ1v) is 5.40. The van der Waals surface area contributed by atoms with Crippen molar-refractivity contribution in [1.29, 1.82) is 0 Å². The van der Waals surface area contributed by atoms with Crippen LogP contribution in [0.25, 0.3) is 11.3 Å². The molecule has 0 atom stereocenters. The van der Waals surface area contributed by atoms with Gasteiger partial charge in [0.2, 0.25) is 0 Å². The molecule has 2 aromatic rings. The summed E-state index contributed by atoms with van der Waals surface area (Å²) in [6, 6.07) is 1.96. The molecule has 0 saturated carbocycles. The predicted molar refractivity (Wildman–Crippen MR) is 62.7 cm³/mol. The van der Waals surface area contributed by atoms with Gasteiger partial charge in [-0.3, -0.25) is 5.10 Å². The van der Waals surface area contributed by atoms with Crippen LogP contribution in [0.5, 0.6) is 0 Å². The summed E-state index contributed by atoms with van der Waals surface area (Å²) in [7, 11) is 0. The Morgan fingerprint density at radius 3 is 2.71 bits per heavy atom. The van der Waals surface area contributed by atoms with Gasteiger partial charge in [-0.2, -0.15) is 5.10 Å². The number of anilines is 1. The summed E-state index contributed by atoms with van der Waals surface area (Å²) in [5.74, 6) is -1.01. The van der Waals surface area contributed by atoms with Crippen molar-refractivity contribution in [3.63, 3.8) is 0 Å². The maximum atomic E-state index is 13.7. The number of hydrogen-bond acceptors (Lipinski definition) is 2. The Hall–Kier alpha value is -1.62. The van der Waals surface area contributed by atoms with Crippen molar-refractivity contribution in [2.24, 2.45) is 0 Å². The van der Waals surface area contributed by atoms with Crippen LogP contribution in [0.2, 0.25) is 5.02 Å². The molecule has 0 aliphatic rings. The third-order valence-corrected chi connectivity index (χ3v) is 2.82. The SMILES string of the molecule is CCc1c(N)n[nH]c1-c1cc(F)c(Cl)cc1F. The van der Waals surface area contributed by atoms with Crippen molar-refractivity contribution < 1.29 is 8.78 Å². The minimum absolute atomic E-state index is 0.0768. The number of aromatic nitrogens is 2. The normalized spacial score (nSPS) is 10.8. The molecule has 0 bridgehead atoms. The average Bonchev–Trinajstić information content (AvgIpc) is 2.64. The Morgan fingerprint density at radius 1 is 1.35 bits per heavy atom. The van der Waals surface area contributed by atoms with E-state index in [1.165, 1.54) is 0 Å². The zero-order valence-electron chi connectivity index (χ0n) is 9.02. The molecule has 0 aliphatic carbocycles. The third kappa shape index (κ3) is 1.98. The molecule has 2 rings (SSSR count). The number of hydrogen-bond donors (Lipinski definition) is 2. The van der Waals surface area contributed by atoms with E-state index in [2.05, 4.69) is 10.2 Å². The van der Waals surface area contributed by atoms with E-state index in [0.29, 0.717) is 17.7 Å². The Kier molecular flexibility index (Phi) is 3.02. The van der Waals surface area contributed by atoms with E-state index in [9.17, 15) is 8.78 Å². The first-order valence-electron chi connectivity index (χ1n) is 5.02. The number of nitrogens with one attached hydrogen (secondary N) is 1. The van der Waals surface area contributed by atoms with Crippen molar-refractivity contribution in [2.75, 3.05) is 5.73 Å². The summed E-state index contributed by atoms with van der Waals surface area (Å²) in [4.78, 5) is 0. The fourth-order valence-electron chi connectivity index (χ4n) is 1.67. The lowest BCUT2D eigenvalue weighted by atomic mass is 10.1. The van der Waals surface area contributed by atoms with E-state index in [1.54, 1.807) is 0 Å². The number of halogens is 3. The lowest BCUT2D eigenvalue weighted by Crippen LogP contribution is -1.93. The second-order valence-corrected chi connectivity index (χ2v) is 3.97. The van der Waals surface area contributed by atoms with Gasteiger partial charge < -0.3 is 5.73 Å². The first kappa shape index (κ1) is 11.9. The molecule has 1 aromatic heterocycles. The molecule has 0 fully saturated rings. The highest BCUT2D eigenvalue weighted by atomic mass is 35.5. The van der Waals surface area contributed by atoms with Gasteiger partial charge in [-0.25, -0.2) is 8.78 Å². The predicted octanol–water partition coefficient (Wildman–Crippen LogP) is 3.15. The van der Waals surface area contributed by atoms with Crippen LogP contribution in [0.3, 0.4) is 0 Å². The van der Waals surface area contributed by atoms with Crippen LogP contribution < -0.4 is 5.73 Å². The number of H-pyrrole nitrogens is 1. The Morgan fingerprint density at radius 2 is 2.06 bits per heavy atom. The quantitative estimate of drug-likeness (QED) is 0.812. The molecule has 0 unspecified atom stereocenters. The number of rotatable bonds is 2.